The van der Waals surface area contributed by atoms with E-state index in [1.54, 1.807) is 18.3 Å². The zero-order valence-electron chi connectivity index (χ0n) is 16.8. The minimum Gasteiger partial charge on any atom is -0.436 e. The Kier molecular flexibility index (Phi) is 4.42. The second kappa shape index (κ2) is 6.99. The fraction of sp³-hybridized carbons (Fsp3) is 0.409. The number of oxazole rings is 1. The topological polar surface area (TPSA) is 62.5 Å². The Balaban J connectivity index is 1.52. The van der Waals surface area contributed by atoms with Gasteiger partial charge in [0, 0.05) is 50.0 Å². The molecule has 2 aromatic heterocycles. The molecule has 1 amide bonds. The standard InChI is InChI=1S/C22H24N4O2S/c1-13-6-4-5-7-17(13)19-18-12-25(22-23-8-9-29-22)10-16(18)11-26(19)21(27)20-14(2)24-15(3)28-20/h4-9,16,18-19H,10-12H2,1-3H3/t16-,18-,19+/m0/s1. The molecule has 7 heteroatoms. The number of aromatic nitrogens is 2. The quantitative estimate of drug-likeness (QED) is 0.655. The number of nitrogens with zero attached hydrogens (tertiary/aromatic N) is 4. The summed E-state index contributed by atoms with van der Waals surface area (Å²) in [4.78, 5) is 26.7. The van der Waals surface area contributed by atoms with Crippen LogP contribution in [-0.2, 0) is 0 Å². The van der Waals surface area contributed by atoms with Crippen molar-refractivity contribution >= 4 is 22.4 Å². The predicted molar refractivity (Wildman–Crippen MR) is 112 cm³/mol. The summed E-state index contributed by atoms with van der Waals surface area (Å²) in [5, 5.41) is 3.09. The van der Waals surface area contributed by atoms with Crippen molar-refractivity contribution in [1.82, 2.24) is 14.9 Å². The van der Waals surface area contributed by atoms with Crippen molar-refractivity contribution < 1.29 is 9.21 Å². The van der Waals surface area contributed by atoms with Crippen LogP contribution in [0.3, 0.4) is 0 Å². The van der Waals surface area contributed by atoms with E-state index < -0.39 is 0 Å². The summed E-state index contributed by atoms with van der Waals surface area (Å²) in [6.07, 6.45) is 1.86. The molecular weight excluding hydrogens is 384 g/mol. The van der Waals surface area contributed by atoms with Crippen LogP contribution in [0.1, 0.15) is 39.3 Å². The van der Waals surface area contributed by atoms with E-state index >= 15 is 0 Å². The average Bonchev–Trinajstić information content (AvgIpc) is 3.44. The van der Waals surface area contributed by atoms with Crippen molar-refractivity contribution in [2.24, 2.45) is 11.8 Å². The normalized spacial score (nSPS) is 23.6. The van der Waals surface area contributed by atoms with Crippen LogP contribution in [0.5, 0.6) is 0 Å². The largest absolute Gasteiger partial charge is 0.436 e. The molecule has 2 fully saturated rings. The number of benzene rings is 1. The summed E-state index contributed by atoms with van der Waals surface area (Å²) in [7, 11) is 0. The van der Waals surface area contributed by atoms with E-state index in [1.807, 2.05) is 23.4 Å². The monoisotopic (exact) mass is 408 g/mol. The lowest BCUT2D eigenvalue weighted by atomic mass is 9.87. The number of carbonyl (C=O) groups is 1. The van der Waals surface area contributed by atoms with E-state index in [9.17, 15) is 4.79 Å². The van der Waals surface area contributed by atoms with E-state index in [4.69, 9.17) is 4.42 Å². The second-order valence-electron chi connectivity index (χ2n) is 8.05. The fourth-order valence-electron chi connectivity index (χ4n) is 4.96. The van der Waals surface area contributed by atoms with Crippen LogP contribution in [0.2, 0.25) is 0 Å². The van der Waals surface area contributed by atoms with Crippen LogP contribution in [0.4, 0.5) is 5.13 Å². The number of fused-ring (bicyclic) bond motifs is 1. The summed E-state index contributed by atoms with van der Waals surface area (Å²) in [5.74, 6) is 1.64. The van der Waals surface area contributed by atoms with Gasteiger partial charge in [0.25, 0.3) is 5.91 Å². The van der Waals surface area contributed by atoms with E-state index in [0.717, 1.165) is 24.8 Å². The molecule has 3 atom stereocenters. The van der Waals surface area contributed by atoms with E-state index in [1.165, 1.54) is 11.1 Å². The van der Waals surface area contributed by atoms with E-state index in [-0.39, 0.29) is 11.9 Å². The van der Waals surface area contributed by atoms with Crippen molar-refractivity contribution in [3.8, 4) is 0 Å². The molecule has 0 N–H and O–H groups in total. The van der Waals surface area contributed by atoms with Gasteiger partial charge in [0.2, 0.25) is 5.76 Å². The molecule has 6 nitrogen and oxygen atoms in total. The lowest BCUT2D eigenvalue weighted by Crippen LogP contribution is -2.36. The molecule has 29 heavy (non-hydrogen) atoms. The van der Waals surface area contributed by atoms with Crippen molar-refractivity contribution in [3.63, 3.8) is 0 Å². The molecule has 4 heterocycles. The highest BCUT2D eigenvalue weighted by molar-refractivity contribution is 7.13. The van der Waals surface area contributed by atoms with Gasteiger partial charge >= 0.3 is 0 Å². The molecule has 0 bridgehead atoms. The Morgan fingerprint density at radius 3 is 2.69 bits per heavy atom. The van der Waals surface area contributed by atoms with Gasteiger partial charge in [0.15, 0.2) is 11.0 Å². The maximum atomic E-state index is 13.5. The maximum Gasteiger partial charge on any atom is 0.292 e. The van der Waals surface area contributed by atoms with Crippen LogP contribution in [0.15, 0.2) is 40.3 Å². The summed E-state index contributed by atoms with van der Waals surface area (Å²) < 4.78 is 5.68. The Morgan fingerprint density at radius 1 is 1.17 bits per heavy atom. The first-order valence-corrected chi connectivity index (χ1v) is 10.9. The summed E-state index contributed by atoms with van der Waals surface area (Å²) in [6.45, 7) is 8.32. The lowest BCUT2D eigenvalue weighted by Gasteiger charge is -2.30. The molecule has 0 saturated carbocycles. The number of aryl methyl sites for hydroxylation is 3. The van der Waals surface area contributed by atoms with Crippen LogP contribution in [-0.4, -0.2) is 40.4 Å². The Morgan fingerprint density at radius 2 is 2.00 bits per heavy atom. The third-order valence-electron chi connectivity index (χ3n) is 6.22. The summed E-state index contributed by atoms with van der Waals surface area (Å²) in [5.41, 5.74) is 3.11. The Bertz CT molecular complexity index is 1050. The van der Waals surface area contributed by atoms with Gasteiger partial charge in [-0.05, 0) is 25.0 Å². The first kappa shape index (κ1) is 18.4. The molecule has 2 saturated heterocycles. The smallest absolute Gasteiger partial charge is 0.292 e. The molecule has 3 aromatic rings. The van der Waals surface area contributed by atoms with Gasteiger partial charge in [-0.2, -0.15) is 0 Å². The summed E-state index contributed by atoms with van der Waals surface area (Å²) >= 11 is 1.68. The minimum absolute atomic E-state index is 0.0310. The Labute approximate surface area is 174 Å². The minimum atomic E-state index is -0.0495. The first-order valence-electron chi connectivity index (χ1n) is 9.98. The van der Waals surface area contributed by atoms with Gasteiger partial charge in [0.1, 0.15) is 0 Å². The second-order valence-corrected chi connectivity index (χ2v) is 8.92. The summed E-state index contributed by atoms with van der Waals surface area (Å²) in [6, 6.07) is 8.44. The fourth-order valence-corrected chi connectivity index (χ4v) is 5.62. The predicted octanol–water partition coefficient (Wildman–Crippen LogP) is 4.01. The third-order valence-corrected chi connectivity index (χ3v) is 7.05. The number of amides is 1. The molecule has 0 unspecified atom stereocenters. The first-order chi connectivity index (χ1) is 14.0. The van der Waals surface area contributed by atoms with Crippen molar-refractivity contribution in [1.29, 1.82) is 0 Å². The van der Waals surface area contributed by atoms with Crippen molar-refractivity contribution in [3.05, 3.63) is 64.3 Å². The van der Waals surface area contributed by atoms with Crippen LogP contribution >= 0.6 is 11.3 Å². The van der Waals surface area contributed by atoms with Gasteiger partial charge in [-0.1, -0.05) is 24.3 Å². The van der Waals surface area contributed by atoms with Crippen LogP contribution in [0.25, 0.3) is 0 Å². The highest BCUT2D eigenvalue weighted by atomic mass is 32.1. The molecular formula is C22H24N4O2S. The van der Waals surface area contributed by atoms with Crippen LogP contribution < -0.4 is 4.90 Å². The highest BCUT2D eigenvalue weighted by Crippen LogP contribution is 2.47. The average molecular weight is 409 g/mol. The van der Waals surface area contributed by atoms with E-state index in [0.29, 0.717) is 29.2 Å². The zero-order chi connectivity index (χ0) is 20.1. The zero-order valence-corrected chi connectivity index (χ0v) is 17.6. The van der Waals surface area contributed by atoms with Gasteiger partial charge < -0.3 is 14.2 Å². The molecule has 1 aromatic carbocycles. The van der Waals surface area contributed by atoms with Gasteiger partial charge in [-0.15, -0.1) is 11.3 Å². The van der Waals surface area contributed by atoms with E-state index in [2.05, 4.69) is 46.1 Å². The number of hydrogen-bond donors (Lipinski definition) is 0. The molecule has 0 aliphatic carbocycles. The molecule has 2 aliphatic heterocycles. The van der Waals surface area contributed by atoms with Gasteiger partial charge in [-0.25, -0.2) is 9.97 Å². The number of anilines is 1. The molecule has 2 aliphatic rings. The maximum absolute atomic E-state index is 13.5. The number of likely N-dealkylation sites (tertiary alicyclic amines) is 1. The number of thiazole rings is 1. The van der Waals surface area contributed by atoms with Crippen molar-refractivity contribution in [2.75, 3.05) is 24.5 Å². The SMILES string of the molecule is Cc1nc(C)c(C(=O)N2C[C@@H]3CN(c4nccs4)C[C@@H]3[C@H]2c2ccccc2C)o1. The molecule has 150 valence electrons. The molecule has 0 radical (unpaired) electrons. The number of carbonyl (C=O) groups excluding carboxylic acids is 1. The highest BCUT2D eigenvalue weighted by Gasteiger charge is 2.50. The third kappa shape index (κ3) is 3.04. The Hall–Kier alpha value is -2.67. The van der Waals surface area contributed by atoms with Gasteiger partial charge in [0.05, 0.1) is 11.7 Å². The van der Waals surface area contributed by atoms with Crippen molar-refractivity contribution in [2.45, 2.75) is 26.8 Å². The molecule has 5 rings (SSSR count). The van der Waals surface area contributed by atoms with Gasteiger partial charge in [-0.3, -0.25) is 4.79 Å². The molecule has 0 spiro atoms. The lowest BCUT2D eigenvalue weighted by molar-refractivity contribution is 0.0680. The number of rotatable bonds is 3. The number of hydrogen-bond acceptors (Lipinski definition) is 6. The van der Waals surface area contributed by atoms with Crippen LogP contribution in [0, 0.1) is 32.6 Å².